The number of rotatable bonds is 3. The summed E-state index contributed by atoms with van der Waals surface area (Å²) in [5.41, 5.74) is 5.36. The van der Waals surface area contributed by atoms with Gasteiger partial charge >= 0.3 is 0 Å². The van der Waals surface area contributed by atoms with E-state index in [1.807, 2.05) is 35.7 Å². The van der Waals surface area contributed by atoms with E-state index in [0.717, 1.165) is 21.8 Å². The van der Waals surface area contributed by atoms with Crippen molar-refractivity contribution in [2.24, 2.45) is 0 Å². The second-order valence-electron chi connectivity index (χ2n) is 5.20. The quantitative estimate of drug-likeness (QED) is 0.771. The molecule has 0 amide bonds. The Hall–Kier alpha value is -1.97. The summed E-state index contributed by atoms with van der Waals surface area (Å²) < 4.78 is 0. The molecule has 0 radical (unpaired) electrons. The monoisotopic (exact) mass is 295 g/mol. The minimum atomic E-state index is -0.657. The molecule has 2 nitrogen and oxygen atoms in total. The molecule has 0 aliphatic carbocycles. The lowest BCUT2D eigenvalue weighted by Crippen LogP contribution is -1.98. The second kappa shape index (κ2) is 5.80. The van der Waals surface area contributed by atoms with Crippen molar-refractivity contribution in [2.75, 3.05) is 0 Å². The van der Waals surface area contributed by atoms with E-state index in [-0.39, 0.29) is 0 Å². The van der Waals surface area contributed by atoms with Gasteiger partial charge in [-0.1, -0.05) is 48.0 Å². The molecule has 2 aromatic carbocycles. The average molecular weight is 295 g/mol. The van der Waals surface area contributed by atoms with Gasteiger partial charge in [0.05, 0.1) is 5.69 Å². The first kappa shape index (κ1) is 14.0. The Balaban J connectivity index is 1.95. The van der Waals surface area contributed by atoms with E-state index < -0.39 is 6.10 Å². The first-order valence-corrected chi connectivity index (χ1v) is 7.79. The van der Waals surface area contributed by atoms with Crippen molar-refractivity contribution in [3.63, 3.8) is 0 Å². The molecule has 0 fully saturated rings. The third kappa shape index (κ3) is 2.89. The van der Waals surface area contributed by atoms with Crippen LogP contribution in [0.15, 0.2) is 53.9 Å². The van der Waals surface area contributed by atoms with Gasteiger partial charge < -0.3 is 5.11 Å². The highest BCUT2D eigenvalue weighted by atomic mass is 32.1. The van der Waals surface area contributed by atoms with Gasteiger partial charge in [-0.25, -0.2) is 4.98 Å². The lowest BCUT2D eigenvalue weighted by atomic mass is 10.0. The van der Waals surface area contributed by atoms with Gasteiger partial charge in [-0.15, -0.1) is 11.3 Å². The minimum absolute atomic E-state index is 0.657. The molecule has 1 atom stereocenters. The molecule has 1 aromatic heterocycles. The zero-order valence-corrected chi connectivity index (χ0v) is 12.9. The molecule has 0 aliphatic heterocycles. The molecule has 106 valence electrons. The number of nitrogens with zero attached hydrogens (tertiary/aromatic N) is 1. The number of hydrogen-bond acceptors (Lipinski definition) is 3. The summed E-state index contributed by atoms with van der Waals surface area (Å²) in [5, 5.41) is 13.2. The summed E-state index contributed by atoms with van der Waals surface area (Å²) in [6, 6.07) is 16.0. The fraction of sp³-hybridized carbons (Fsp3) is 0.167. The lowest BCUT2D eigenvalue weighted by Gasteiger charge is -2.07. The Bertz CT molecular complexity index is 749. The summed E-state index contributed by atoms with van der Waals surface area (Å²) in [7, 11) is 0. The highest BCUT2D eigenvalue weighted by Crippen LogP contribution is 2.30. The Morgan fingerprint density at radius 2 is 1.81 bits per heavy atom. The normalized spacial score (nSPS) is 12.3. The number of aryl methyl sites for hydroxylation is 2. The smallest absolute Gasteiger partial charge is 0.131 e. The maximum atomic E-state index is 10.4. The Kier molecular flexibility index (Phi) is 3.86. The van der Waals surface area contributed by atoms with Gasteiger partial charge in [-0.2, -0.15) is 0 Å². The SMILES string of the molecule is Cc1ccc(C)c(-c2csc(C(O)c3ccccc3)n2)c1. The first-order chi connectivity index (χ1) is 10.1. The molecule has 21 heavy (non-hydrogen) atoms. The highest BCUT2D eigenvalue weighted by molar-refractivity contribution is 7.10. The zero-order chi connectivity index (χ0) is 14.8. The van der Waals surface area contributed by atoms with Crippen molar-refractivity contribution in [3.8, 4) is 11.3 Å². The fourth-order valence-corrected chi connectivity index (χ4v) is 3.15. The summed E-state index contributed by atoms with van der Waals surface area (Å²) in [4.78, 5) is 4.63. The van der Waals surface area contributed by atoms with Crippen molar-refractivity contribution in [1.29, 1.82) is 0 Å². The van der Waals surface area contributed by atoms with E-state index >= 15 is 0 Å². The van der Waals surface area contributed by atoms with Crippen molar-refractivity contribution in [3.05, 3.63) is 75.6 Å². The zero-order valence-electron chi connectivity index (χ0n) is 12.1. The largest absolute Gasteiger partial charge is 0.381 e. The van der Waals surface area contributed by atoms with Crippen LogP contribution in [-0.2, 0) is 0 Å². The van der Waals surface area contributed by atoms with Crippen molar-refractivity contribution >= 4 is 11.3 Å². The van der Waals surface area contributed by atoms with Crippen LogP contribution in [0.5, 0.6) is 0 Å². The number of aliphatic hydroxyl groups excluding tert-OH is 1. The predicted octanol–water partition coefficient (Wildman–Crippen LogP) is 4.51. The van der Waals surface area contributed by atoms with Gasteiger partial charge in [-0.05, 0) is 31.0 Å². The maximum Gasteiger partial charge on any atom is 0.131 e. The van der Waals surface area contributed by atoms with Gasteiger partial charge in [0.1, 0.15) is 11.1 Å². The molecule has 1 unspecified atom stereocenters. The van der Waals surface area contributed by atoms with Crippen LogP contribution in [0, 0.1) is 13.8 Å². The van der Waals surface area contributed by atoms with Gasteiger partial charge in [0, 0.05) is 10.9 Å². The molecule has 0 saturated heterocycles. The minimum Gasteiger partial charge on any atom is -0.381 e. The van der Waals surface area contributed by atoms with Gasteiger partial charge in [-0.3, -0.25) is 0 Å². The van der Waals surface area contributed by atoms with E-state index in [4.69, 9.17) is 0 Å². The van der Waals surface area contributed by atoms with E-state index in [9.17, 15) is 5.11 Å². The van der Waals surface area contributed by atoms with Gasteiger partial charge in [0.15, 0.2) is 0 Å². The summed E-state index contributed by atoms with van der Waals surface area (Å²) in [6.07, 6.45) is -0.657. The maximum absolute atomic E-state index is 10.4. The van der Waals surface area contributed by atoms with Crippen LogP contribution in [-0.4, -0.2) is 10.1 Å². The van der Waals surface area contributed by atoms with E-state index in [2.05, 4.69) is 37.0 Å². The molecule has 1 heterocycles. The molecule has 0 bridgehead atoms. The summed E-state index contributed by atoms with van der Waals surface area (Å²) in [5.74, 6) is 0. The Morgan fingerprint density at radius 1 is 1.05 bits per heavy atom. The second-order valence-corrected chi connectivity index (χ2v) is 6.09. The Morgan fingerprint density at radius 3 is 2.57 bits per heavy atom. The van der Waals surface area contributed by atoms with Gasteiger partial charge in [0.2, 0.25) is 0 Å². The van der Waals surface area contributed by atoms with Crippen LogP contribution in [0.2, 0.25) is 0 Å². The molecule has 3 heteroatoms. The molecule has 0 saturated carbocycles. The van der Waals surface area contributed by atoms with Crippen molar-refractivity contribution in [1.82, 2.24) is 4.98 Å². The molecular weight excluding hydrogens is 278 g/mol. The number of aliphatic hydroxyl groups is 1. The number of thiazole rings is 1. The average Bonchev–Trinajstić information content (AvgIpc) is 2.99. The van der Waals surface area contributed by atoms with Crippen LogP contribution in [0.25, 0.3) is 11.3 Å². The van der Waals surface area contributed by atoms with Crippen LogP contribution in [0.3, 0.4) is 0 Å². The standard InChI is InChI=1S/C18H17NOS/c1-12-8-9-13(2)15(10-12)16-11-21-18(19-16)17(20)14-6-4-3-5-7-14/h3-11,17,20H,1-2H3. The van der Waals surface area contributed by atoms with Crippen LogP contribution >= 0.6 is 11.3 Å². The third-order valence-electron chi connectivity index (χ3n) is 3.54. The predicted molar refractivity (Wildman–Crippen MR) is 87.5 cm³/mol. The van der Waals surface area contributed by atoms with E-state index in [1.165, 1.54) is 22.5 Å². The lowest BCUT2D eigenvalue weighted by molar-refractivity contribution is 0.220. The van der Waals surface area contributed by atoms with Crippen molar-refractivity contribution in [2.45, 2.75) is 20.0 Å². The Labute approximate surface area is 128 Å². The van der Waals surface area contributed by atoms with E-state index in [0.29, 0.717) is 0 Å². The third-order valence-corrected chi connectivity index (χ3v) is 4.44. The number of hydrogen-bond donors (Lipinski definition) is 1. The highest BCUT2D eigenvalue weighted by Gasteiger charge is 2.15. The fourth-order valence-electron chi connectivity index (χ4n) is 2.33. The molecule has 3 aromatic rings. The summed E-state index contributed by atoms with van der Waals surface area (Å²) in [6.45, 7) is 4.16. The molecule has 0 spiro atoms. The van der Waals surface area contributed by atoms with Crippen molar-refractivity contribution < 1.29 is 5.11 Å². The number of benzene rings is 2. The van der Waals surface area contributed by atoms with E-state index in [1.54, 1.807) is 0 Å². The topological polar surface area (TPSA) is 33.1 Å². The number of aromatic nitrogens is 1. The molecule has 1 N–H and O–H groups in total. The van der Waals surface area contributed by atoms with Crippen LogP contribution in [0.1, 0.15) is 27.8 Å². The summed E-state index contributed by atoms with van der Waals surface area (Å²) >= 11 is 1.50. The molecule has 0 aliphatic rings. The molecular formula is C18H17NOS. The van der Waals surface area contributed by atoms with Crippen LogP contribution in [0.4, 0.5) is 0 Å². The van der Waals surface area contributed by atoms with Crippen LogP contribution < -0.4 is 0 Å². The first-order valence-electron chi connectivity index (χ1n) is 6.91. The molecule has 3 rings (SSSR count). The van der Waals surface area contributed by atoms with Gasteiger partial charge in [0.25, 0.3) is 0 Å².